The molecule has 1 saturated carbocycles. The summed E-state index contributed by atoms with van der Waals surface area (Å²) in [5.41, 5.74) is 3.43. The highest BCUT2D eigenvalue weighted by Crippen LogP contribution is 2.52. The van der Waals surface area contributed by atoms with E-state index in [-0.39, 0.29) is 47.8 Å². The molecule has 1 N–H and O–H groups in total. The summed E-state index contributed by atoms with van der Waals surface area (Å²) >= 11 is 0. The van der Waals surface area contributed by atoms with E-state index in [1.54, 1.807) is 0 Å². The lowest BCUT2D eigenvalue weighted by atomic mass is 9.85. The monoisotopic (exact) mass is 346 g/mol. The predicted octanol–water partition coefficient (Wildman–Crippen LogP) is 2.22. The van der Waals surface area contributed by atoms with Gasteiger partial charge in [-0.1, -0.05) is 54.6 Å². The Hall–Kier alpha value is -2.95. The van der Waals surface area contributed by atoms with Crippen molar-refractivity contribution in [2.24, 2.45) is 23.7 Å². The molecule has 0 unspecified atom stereocenters. The average Bonchev–Trinajstić information content (AvgIpc) is 3.32. The standard InChI is InChI=1S/C21H18N2O3/c24-17(11-13-6-3-5-12-4-1-2-7-16(12)13)22-23-20(25)18-14-8-9-15(10-14)19(18)21(23)26/h1-9,14-15,18-19H,10-11H2,(H,22,24)/t14-,15-,18+,19+/m0/s1. The van der Waals surface area contributed by atoms with Crippen LogP contribution in [0, 0.1) is 23.7 Å². The number of carbonyl (C=O) groups excluding carboxylic acids is 3. The van der Waals surface area contributed by atoms with Crippen LogP contribution >= 0.6 is 0 Å². The third kappa shape index (κ3) is 2.13. The SMILES string of the molecule is O=C(Cc1cccc2ccccc12)NN1C(=O)[C@H]2[C@H](C1=O)[C@H]1C=C[C@H]2C1. The van der Waals surface area contributed by atoms with Gasteiger partial charge >= 0.3 is 0 Å². The van der Waals surface area contributed by atoms with Gasteiger partial charge in [0.15, 0.2) is 0 Å². The Balaban J connectivity index is 1.35. The predicted molar refractivity (Wildman–Crippen MR) is 95.4 cm³/mol. The lowest BCUT2D eigenvalue weighted by Crippen LogP contribution is -2.47. The summed E-state index contributed by atoms with van der Waals surface area (Å²) < 4.78 is 0. The van der Waals surface area contributed by atoms with Gasteiger partial charge in [-0.3, -0.25) is 19.8 Å². The first-order valence-corrected chi connectivity index (χ1v) is 8.96. The Bertz CT molecular complexity index is 945. The first-order valence-electron chi connectivity index (χ1n) is 8.96. The van der Waals surface area contributed by atoms with Crippen LogP contribution in [0.3, 0.4) is 0 Å². The molecule has 5 heteroatoms. The molecule has 4 atom stereocenters. The Morgan fingerprint density at radius 3 is 2.35 bits per heavy atom. The molecule has 1 saturated heterocycles. The van der Waals surface area contributed by atoms with Crippen molar-refractivity contribution in [2.75, 3.05) is 0 Å². The summed E-state index contributed by atoms with van der Waals surface area (Å²) in [7, 11) is 0. The number of rotatable bonds is 3. The number of nitrogens with zero attached hydrogens (tertiary/aromatic N) is 1. The molecular weight excluding hydrogens is 328 g/mol. The van der Waals surface area contributed by atoms with Crippen molar-refractivity contribution >= 4 is 28.5 Å². The van der Waals surface area contributed by atoms with Crippen LogP contribution in [-0.4, -0.2) is 22.7 Å². The molecule has 1 aliphatic heterocycles. The van der Waals surface area contributed by atoms with E-state index in [0.717, 1.165) is 27.8 Å². The van der Waals surface area contributed by atoms with Crippen molar-refractivity contribution in [1.82, 2.24) is 10.4 Å². The minimum Gasteiger partial charge on any atom is -0.273 e. The number of fused-ring (bicyclic) bond motifs is 6. The maximum atomic E-state index is 12.6. The molecule has 0 aromatic heterocycles. The van der Waals surface area contributed by atoms with Crippen LogP contribution in [0.2, 0.25) is 0 Å². The van der Waals surface area contributed by atoms with Gasteiger partial charge in [-0.05, 0) is 34.6 Å². The quantitative estimate of drug-likeness (QED) is 0.684. The fraction of sp³-hybridized carbons (Fsp3) is 0.286. The van der Waals surface area contributed by atoms with Gasteiger partial charge in [-0.25, -0.2) is 0 Å². The number of carbonyl (C=O) groups is 3. The third-order valence-electron chi connectivity index (χ3n) is 5.94. The smallest absolute Gasteiger partial charge is 0.252 e. The molecule has 2 aromatic carbocycles. The lowest BCUT2D eigenvalue weighted by Gasteiger charge is -2.18. The molecule has 2 fully saturated rings. The van der Waals surface area contributed by atoms with Crippen LogP contribution in [0.4, 0.5) is 0 Å². The van der Waals surface area contributed by atoms with E-state index in [0.29, 0.717) is 0 Å². The Morgan fingerprint density at radius 1 is 0.962 bits per heavy atom. The highest BCUT2D eigenvalue weighted by molar-refractivity contribution is 6.07. The molecule has 2 bridgehead atoms. The Kier molecular flexibility index (Phi) is 3.26. The van der Waals surface area contributed by atoms with E-state index in [1.165, 1.54) is 0 Å². The van der Waals surface area contributed by atoms with Gasteiger partial charge in [0, 0.05) is 0 Å². The number of amides is 3. The zero-order valence-electron chi connectivity index (χ0n) is 14.1. The van der Waals surface area contributed by atoms with Gasteiger partial charge in [0.2, 0.25) is 5.91 Å². The normalized spacial score (nSPS) is 28.8. The summed E-state index contributed by atoms with van der Waals surface area (Å²) in [6.45, 7) is 0. The van der Waals surface area contributed by atoms with E-state index in [9.17, 15) is 14.4 Å². The summed E-state index contributed by atoms with van der Waals surface area (Å²) in [4.78, 5) is 37.8. The van der Waals surface area contributed by atoms with Crippen LogP contribution in [0.5, 0.6) is 0 Å². The van der Waals surface area contributed by atoms with Crippen LogP contribution in [0.1, 0.15) is 12.0 Å². The molecule has 2 aromatic rings. The van der Waals surface area contributed by atoms with E-state index in [4.69, 9.17) is 0 Å². The number of benzene rings is 2. The second-order valence-corrected chi connectivity index (χ2v) is 7.36. The summed E-state index contributed by atoms with van der Waals surface area (Å²) in [6, 6.07) is 13.6. The van der Waals surface area contributed by atoms with E-state index >= 15 is 0 Å². The lowest BCUT2D eigenvalue weighted by molar-refractivity contribution is -0.149. The fourth-order valence-electron chi connectivity index (χ4n) is 4.80. The molecular formula is C21H18N2O3. The first kappa shape index (κ1) is 15.3. The fourth-order valence-corrected chi connectivity index (χ4v) is 4.80. The zero-order chi connectivity index (χ0) is 17.8. The molecule has 3 aliphatic rings. The van der Waals surface area contributed by atoms with E-state index in [1.807, 2.05) is 54.6 Å². The molecule has 3 amide bonds. The molecule has 2 aliphatic carbocycles. The second-order valence-electron chi connectivity index (χ2n) is 7.36. The summed E-state index contributed by atoms with van der Waals surface area (Å²) in [6.07, 6.45) is 5.08. The second kappa shape index (κ2) is 5.53. The molecule has 26 heavy (non-hydrogen) atoms. The largest absolute Gasteiger partial charge is 0.273 e. The molecule has 5 rings (SSSR count). The molecule has 130 valence electrons. The molecule has 1 heterocycles. The van der Waals surface area contributed by atoms with Gasteiger partial charge in [0.1, 0.15) is 0 Å². The maximum Gasteiger partial charge on any atom is 0.252 e. The highest BCUT2D eigenvalue weighted by Gasteiger charge is 2.59. The number of hydrazine groups is 1. The maximum absolute atomic E-state index is 12.6. The topological polar surface area (TPSA) is 66.5 Å². The van der Waals surface area contributed by atoms with Crippen molar-refractivity contribution < 1.29 is 14.4 Å². The van der Waals surface area contributed by atoms with Gasteiger partial charge < -0.3 is 0 Å². The highest BCUT2D eigenvalue weighted by atomic mass is 16.2. The number of allylic oxidation sites excluding steroid dienone is 2. The zero-order valence-corrected chi connectivity index (χ0v) is 14.1. The number of imide groups is 1. The minimum atomic E-state index is -0.344. The minimum absolute atomic E-state index is 0.124. The molecule has 0 spiro atoms. The summed E-state index contributed by atoms with van der Waals surface area (Å²) in [5.74, 6) is -1.18. The molecule has 0 radical (unpaired) electrons. The van der Waals surface area contributed by atoms with Gasteiger partial charge in [0.25, 0.3) is 11.8 Å². The third-order valence-corrected chi connectivity index (χ3v) is 5.94. The number of nitrogens with one attached hydrogen (secondary N) is 1. The van der Waals surface area contributed by atoms with Crippen molar-refractivity contribution in [3.05, 3.63) is 60.2 Å². The van der Waals surface area contributed by atoms with E-state index < -0.39 is 0 Å². The number of hydrogen-bond donors (Lipinski definition) is 1. The van der Waals surface area contributed by atoms with Crippen molar-refractivity contribution in [2.45, 2.75) is 12.8 Å². The van der Waals surface area contributed by atoms with Crippen molar-refractivity contribution in [3.63, 3.8) is 0 Å². The van der Waals surface area contributed by atoms with Crippen LogP contribution < -0.4 is 5.43 Å². The van der Waals surface area contributed by atoms with Crippen LogP contribution in [0.15, 0.2) is 54.6 Å². The average molecular weight is 346 g/mol. The Labute approximate surface area is 150 Å². The number of hydrogen-bond acceptors (Lipinski definition) is 3. The van der Waals surface area contributed by atoms with Crippen LogP contribution in [-0.2, 0) is 20.8 Å². The van der Waals surface area contributed by atoms with E-state index in [2.05, 4.69) is 5.43 Å². The van der Waals surface area contributed by atoms with Crippen LogP contribution in [0.25, 0.3) is 10.8 Å². The van der Waals surface area contributed by atoms with Gasteiger partial charge in [-0.2, -0.15) is 5.01 Å². The summed E-state index contributed by atoms with van der Waals surface area (Å²) in [5, 5.41) is 3.03. The van der Waals surface area contributed by atoms with Crippen molar-refractivity contribution in [1.29, 1.82) is 0 Å². The van der Waals surface area contributed by atoms with Crippen molar-refractivity contribution in [3.8, 4) is 0 Å². The van der Waals surface area contributed by atoms with Gasteiger partial charge in [0.05, 0.1) is 18.3 Å². The van der Waals surface area contributed by atoms with Gasteiger partial charge in [-0.15, -0.1) is 0 Å². The molecule has 5 nitrogen and oxygen atoms in total. The Morgan fingerprint density at radius 2 is 1.62 bits per heavy atom. The first-order chi connectivity index (χ1) is 12.6.